The van der Waals surface area contributed by atoms with Gasteiger partial charge < -0.3 is 19.5 Å². The van der Waals surface area contributed by atoms with Gasteiger partial charge in [-0.05, 0) is 44.2 Å². The molecule has 5 nitrogen and oxygen atoms in total. The number of nitrogens with one attached hydrogen (secondary N) is 1. The molecule has 0 radical (unpaired) electrons. The van der Waals surface area contributed by atoms with E-state index in [4.69, 9.17) is 14.2 Å². The fourth-order valence-electron chi connectivity index (χ4n) is 2.14. The van der Waals surface area contributed by atoms with Gasteiger partial charge in [0.2, 0.25) is 0 Å². The van der Waals surface area contributed by atoms with E-state index in [0.717, 1.165) is 16.9 Å². The zero-order valence-electron chi connectivity index (χ0n) is 11.5. The zero-order chi connectivity index (χ0) is 13.8. The lowest BCUT2D eigenvalue weighted by Crippen LogP contribution is -2.28. The molecule has 0 saturated heterocycles. The smallest absolute Gasteiger partial charge is 0.327 e. The highest BCUT2D eigenvalue weighted by Gasteiger charge is 2.24. The van der Waals surface area contributed by atoms with E-state index in [9.17, 15) is 4.79 Å². The first-order valence-electron chi connectivity index (χ1n) is 6.41. The van der Waals surface area contributed by atoms with Crippen molar-refractivity contribution in [1.29, 1.82) is 0 Å². The SMILES string of the molecule is CCOC(=O)C(NC)c1cc2c(cc1C)OCCO2. The second-order valence-electron chi connectivity index (χ2n) is 4.33. The molecule has 5 heteroatoms. The Morgan fingerprint density at radius 1 is 1.37 bits per heavy atom. The summed E-state index contributed by atoms with van der Waals surface area (Å²) in [6.45, 7) is 5.18. The number of likely N-dealkylation sites (N-methyl/N-ethyl adjacent to an activating group) is 1. The molecule has 0 fully saturated rings. The monoisotopic (exact) mass is 265 g/mol. The van der Waals surface area contributed by atoms with Gasteiger partial charge in [-0.2, -0.15) is 0 Å². The van der Waals surface area contributed by atoms with Gasteiger partial charge in [0.25, 0.3) is 0 Å². The Kier molecular flexibility index (Phi) is 4.27. The van der Waals surface area contributed by atoms with Crippen LogP contribution in [0.4, 0.5) is 0 Å². The Morgan fingerprint density at radius 3 is 2.58 bits per heavy atom. The molecule has 19 heavy (non-hydrogen) atoms. The molecule has 1 unspecified atom stereocenters. The van der Waals surface area contributed by atoms with E-state index in [2.05, 4.69) is 5.32 Å². The maximum absolute atomic E-state index is 11.9. The van der Waals surface area contributed by atoms with Gasteiger partial charge in [-0.1, -0.05) is 0 Å². The molecule has 0 aliphatic carbocycles. The third-order valence-electron chi connectivity index (χ3n) is 3.05. The first-order valence-corrected chi connectivity index (χ1v) is 6.41. The summed E-state index contributed by atoms with van der Waals surface area (Å²) in [4.78, 5) is 11.9. The van der Waals surface area contributed by atoms with Crippen molar-refractivity contribution in [3.05, 3.63) is 23.3 Å². The molecule has 1 heterocycles. The maximum atomic E-state index is 11.9. The predicted octanol–water partition coefficient (Wildman–Crippen LogP) is 1.59. The topological polar surface area (TPSA) is 56.8 Å². The van der Waals surface area contributed by atoms with E-state index >= 15 is 0 Å². The Morgan fingerprint density at radius 2 is 2.00 bits per heavy atom. The Balaban J connectivity index is 2.34. The average Bonchev–Trinajstić information content (AvgIpc) is 2.40. The average molecular weight is 265 g/mol. The quantitative estimate of drug-likeness (QED) is 0.838. The second kappa shape index (κ2) is 5.93. The number of ether oxygens (including phenoxy) is 3. The van der Waals surface area contributed by atoms with Gasteiger partial charge in [-0.15, -0.1) is 0 Å². The summed E-state index contributed by atoms with van der Waals surface area (Å²) in [5, 5.41) is 2.98. The summed E-state index contributed by atoms with van der Waals surface area (Å²) in [5.74, 6) is 1.12. The van der Waals surface area contributed by atoms with E-state index in [1.54, 1.807) is 14.0 Å². The number of fused-ring (bicyclic) bond motifs is 1. The van der Waals surface area contributed by atoms with Crippen molar-refractivity contribution in [2.75, 3.05) is 26.9 Å². The third-order valence-corrected chi connectivity index (χ3v) is 3.05. The van der Waals surface area contributed by atoms with Crippen LogP contribution in [0.3, 0.4) is 0 Å². The molecule has 1 aromatic carbocycles. The van der Waals surface area contributed by atoms with Gasteiger partial charge in [0.05, 0.1) is 6.61 Å². The lowest BCUT2D eigenvalue weighted by molar-refractivity contribution is -0.145. The van der Waals surface area contributed by atoms with Crippen molar-refractivity contribution in [3.8, 4) is 11.5 Å². The summed E-state index contributed by atoms with van der Waals surface area (Å²) in [5.41, 5.74) is 1.82. The normalized spacial score (nSPS) is 14.9. The van der Waals surface area contributed by atoms with Crippen molar-refractivity contribution in [2.45, 2.75) is 19.9 Å². The minimum absolute atomic E-state index is 0.287. The van der Waals surface area contributed by atoms with Crippen LogP contribution in [0.5, 0.6) is 11.5 Å². The molecule has 1 aliphatic heterocycles. The van der Waals surface area contributed by atoms with Crippen LogP contribution in [-0.4, -0.2) is 32.8 Å². The zero-order valence-corrected chi connectivity index (χ0v) is 11.5. The van der Waals surface area contributed by atoms with Crippen molar-refractivity contribution in [1.82, 2.24) is 5.32 Å². The molecule has 0 amide bonds. The molecule has 104 valence electrons. The highest BCUT2D eigenvalue weighted by molar-refractivity contribution is 5.78. The Hall–Kier alpha value is -1.75. The van der Waals surface area contributed by atoms with Crippen LogP contribution in [0.2, 0.25) is 0 Å². The predicted molar refractivity (Wildman–Crippen MR) is 70.6 cm³/mol. The van der Waals surface area contributed by atoms with E-state index in [1.165, 1.54) is 0 Å². The Labute approximate surface area is 112 Å². The van der Waals surface area contributed by atoms with E-state index < -0.39 is 6.04 Å². The van der Waals surface area contributed by atoms with Crippen LogP contribution in [0, 0.1) is 6.92 Å². The van der Waals surface area contributed by atoms with Crippen molar-refractivity contribution < 1.29 is 19.0 Å². The lowest BCUT2D eigenvalue weighted by Gasteiger charge is -2.23. The summed E-state index contributed by atoms with van der Waals surface area (Å²) in [7, 11) is 1.73. The number of carbonyl (C=O) groups excluding carboxylic acids is 1. The summed E-state index contributed by atoms with van der Waals surface area (Å²) >= 11 is 0. The molecule has 1 N–H and O–H groups in total. The highest BCUT2D eigenvalue weighted by atomic mass is 16.6. The first-order chi connectivity index (χ1) is 9.17. The summed E-state index contributed by atoms with van der Waals surface area (Å²) in [6, 6.07) is 3.26. The number of carbonyl (C=O) groups is 1. The van der Waals surface area contributed by atoms with Gasteiger partial charge in [0.15, 0.2) is 11.5 Å². The number of hydrogen-bond donors (Lipinski definition) is 1. The van der Waals surface area contributed by atoms with Crippen LogP contribution < -0.4 is 14.8 Å². The molecule has 1 atom stereocenters. The first kappa shape index (κ1) is 13.7. The fraction of sp³-hybridized carbons (Fsp3) is 0.500. The number of hydrogen-bond acceptors (Lipinski definition) is 5. The molecule has 2 rings (SSSR count). The van der Waals surface area contributed by atoms with E-state index in [-0.39, 0.29) is 5.97 Å². The summed E-state index contributed by atoms with van der Waals surface area (Å²) in [6.07, 6.45) is 0. The molecule has 1 aliphatic rings. The van der Waals surface area contributed by atoms with Crippen molar-refractivity contribution in [2.24, 2.45) is 0 Å². The number of esters is 1. The molecule has 0 aromatic heterocycles. The third kappa shape index (κ3) is 2.81. The molecule has 0 spiro atoms. The second-order valence-corrected chi connectivity index (χ2v) is 4.33. The van der Waals surface area contributed by atoms with Gasteiger partial charge in [-0.3, -0.25) is 0 Å². The van der Waals surface area contributed by atoms with Crippen molar-refractivity contribution >= 4 is 5.97 Å². The highest BCUT2D eigenvalue weighted by Crippen LogP contribution is 2.35. The standard InChI is InChI=1S/C14H19NO4/c1-4-17-14(16)13(15-3)10-8-12-11(7-9(10)2)18-5-6-19-12/h7-8,13,15H,4-6H2,1-3H3. The van der Waals surface area contributed by atoms with Crippen molar-refractivity contribution in [3.63, 3.8) is 0 Å². The molecular weight excluding hydrogens is 246 g/mol. The van der Waals surface area contributed by atoms with Gasteiger partial charge in [0.1, 0.15) is 19.3 Å². The molecule has 0 bridgehead atoms. The van der Waals surface area contributed by atoms with Gasteiger partial charge >= 0.3 is 5.97 Å². The van der Waals surface area contributed by atoms with Gasteiger partial charge in [-0.25, -0.2) is 4.79 Å². The van der Waals surface area contributed by atoms with Crippen LogP contribution in [0.15, 0.2) is 12.1 Å². The lowest BCUT2D eigenvalue weighted by atomic mass is 10.00. The van der Waals surface area contributed by atoms with Crippen LogP contribution in [-0.2, 0) is 9.53 Å². The number of benzene rings is 1. The Bertz CT molecular complexity index is 473. The number of aryl methyl sites for hydroxylation is 1. The van der Waals surface area contributed by atoms with Crippen LogP contribution in [0.1, 0.15) is 24.1 Å². The van der Waals surface area contributed by atoms with E-state index in [0.29, 0.717) is 25.6 Å². The number of rotatable bonds is 4. The van der Waals surface area contributed by atoms with Crippen LogP contribution >= 0.6 is 0 Å². The summed E-state index contributed by atoms with van der Waals surface area (Å²) < 4.78 is 16.1. The minimum atomic E-state index is -0.490. The molecular formula is C14H19NO4. The van der Waals surface area contributed by atoms with Gasteiger partial charge in [0, 0.05) is 0 Å². The molecule has 1 aromatic rings. The fourth-order valence-corrected chi connectivity index (χ4v) is 2.14. The maximum Gasteiger partial charge on any atom is 0.327 e. The van der Waals surface area contributed by atoms with E-state index in [1.807, 2.05) is 19.1 Å². The van der Waals surface area contributed by atoms with Crippen LogP contribution in [0.25, 0.3) is 0 Å². The molecule has 0 saturated carbocycles. The largest absolute Gasteiger partial charge is 0.486 e. The minimum Gasteiger partial charge on any atom is -0.486 e.